The van der Waals surface area contributed by atoms with E-state index in [0.29, 0.717) is 4.90 Å². The maximum atomic E-state index is 12.7. The van der Waals surface area contributed by atoms with Crippen LogP contribution in [-0.4, -0.2) is 52.5 Å². The van der Waals surface area contributed by atoms with E-state index >= 15 is 0 Å². The number of nitro benzene ring substituents is 1. The van der Waals surface area contributed by atoms with E-state index in [-0.39, 0.29) is 23.6 Å². The first-order valence-electron chi connectivity index (χ1n) is 7.44. The summed E-state index contributed by atoms with van der Waals surface area (Å²) in [6.45, 7) is 1.55. The van der Waals surface area contributed by atoms with Gasteiger partial charge in [0.15, 0.2) is 0 Å². The molecular weight excluding hydrogens is 343 g/mol. The molecule has 1 heterocycles. The number of hydrogen-bond acceptors (Lipinski definition) is 5. The highest BCUT2D eigenvalue weighted by Crippen LogP contribution is 2.31. The molecule has 1 aromatic carbocycles. The van der Waals surface area contributed by atoms with Gasteiger partial charge in [-0.25, -0.2) is 0 Å². The van der Waals surface area contributed by atoms with E-state index < -0.39 is 41.8 Å². The van der Waals surface area contributed by atoms with Gasteiger partial charge in [0.05, 0.1) is 23.7 Å². The minimum Gasteiger partial charge on any atom is -0.277 e. The van der Waals surface area contributed by atoms with Crippen molar-refractivity contribution < 1.29 is 27.7 Å². The molecule has 2 amide bonds. The molecule has 2 rings (SSSR count). The molecule has 7 nitrogen and oxygen atoms in total. The van der Waals surface area contributed by atoms with Gasteiger partial charge in [0, 0.05) is 12.6 Å². The van der Waals surface area contributed by atoms with Crippen molar-refractivity contribution in [3.63, 3.8) is 0 Å². The van der Waals surface area contributed by atoms with Crippen LogP contribution in [0.2, 0.25) is 0 Å². The molecule has 25 heavy (non-hydrogen) atoms. The number of carbonyl (C=O) groups is 2. The number of rotatable bonds is 6. The second-order valence-electron chi connectivity index (χ2n) is 6.16. The Morgan fingerprint density at radius 2 is 1.88 bits per heavy atom. The average Bonchev–Trinajstić information content (AvgIpc) is 2.70. The van der Waals surface area contributed by atoms with Crippen LogP contribution in [0.5, 0.6) is 0 Å². The van der Waals surface area contributed by atoms with Crippen LogP contribution in [0.25, 0.3) is 0 Å². The average molecular weight is 359 g/mol. The van der Waals surface area contributed by atoms with E-state index in [1.807, 2.05) is 0 Å². The zero-order chi connectivity index (χ0) is 18.9. The van der Waals surface area contributed by atoms with Gasteiger partial charge in [0.2, 0.25) is 0 Å². The molecule has 0 saturated heterocycles. The largest absolute Gasteiger partial charge is 0.401 e. The van der Waals surface area contributed by atoms with Gasteiger partial charge in [-0.1, -0.05) is 19.9 Å². The molecule has 0 aliphatic carbocycles. The molecule has 1 aromatic rings. The number of alkyl halides is 3. The van der Waals surface area contributed by atoms with Gasteiger partial charge in [0.1, 0.15) is 5.56 Å². The van der Waals surface area contributed by atoms with Crippen molar-refractivity contribution in [2.75, 3.05) is 19.8 Å². The number of imide groups is 1. The molecule has 0 aromatic heterocycles. The number of fused-ring (bicyclic) bond motifs is 1. The lowest BCUT2D eigenvalue weighted by atomic mass is 10.1. The Bertz CT molecular complexity index is 718. The van der Waals surface area contributed by atoms with Gasteiger partial charge in [-0.15, -0.1) is 0 Å². The molecule has 136 valence electrons. The fourth-order valence-electron chi connectivity index (χ4n) is 2.74. The predicted octanol–water partition coefficient (Wildman–Crippen LogP) is 2.67. The second kappa shape index (κ2) is 6.79. The summed E-state index contributed by atoms with van der Waals surface area (Å²) < 4.78 is 38.2. The van der Waals surface area contributed by atoms with Crippen LogP contribution in [0.1, 0.15) is 34.6 Å². The Kier molecular flexibility index (Phi) is 5.12. The molecule has 0 atom stereocenters. The van der Waals surface area contributed by atoms with E-state index in [0.717, 1.165) is 11.0 Å². The first kappa shape index (κ1) is 18.8. The van der Waals surface area contributed by atoms with E-state index in [1.54, 1.807) is 13.8 Å². The van der Waals surface area contributed by atoms with Crippen LogP contribution in [0.15, 0.2) is 18.2 Å². The van der Waals surface area contributed by atoms with Gasteiger partial charge in [-0.2, -0.15) is 13.2 Å². The first-order chi connectivity index (χ1) is 11.5. The number of benzene rings is 1. The minimum absolute atomic E-state index is 0.00894. The molecule has 1 aliphatic rings. The Hall–Kier alpha value is -2.49. The molecule has 0 bridgehead atoms. The summed E-state index contributed by atoms with van der Waals surface area (Å²) in [6.07, 6.45) is -4.50. The van der Waals surface area contributed by atoms with E-state index in [2.05, 4.69) is 0 Å². The number of carbonyl (C=O) groups excluding carboxylic acids is 2. The summed E-state index contributed by atoms with van der Waals surface area (Å²) in [7, 11) is 0. The van der Waals surface area contributed by atoms with Crippen LogP contribution in [0, 0.1) is 16.0 Å². The second-order valence-corrected chi connectivity index (χ2v) is 6.16. The monoisotopic (exact) mass is 359 g/mol. The first-order valence-corrected chi connectivity index (χ1v) is 7.44. The van der Waals surface area contributed by atoms with Crippen LogP contribution >= 0.6 is 0 Å². The quantitative estimate of drug-likeness (QED) is 0.443. The molecule has 0 unspecified atom stereocenters. The smallest absolute Gasteiger partial charge is 0.277 e. The topological polar surface area (TPSA) is 83.8 Å². The fraction of sp³-hybridized carbons (Fsp3) is 0.467. The molecule has 0 fully saturated rings. The van der Waals surface area contributed by atoms with Gasteiger partial charge >= 0.3 is 6.18 Å². The SMILES string of the molecule is CC(C)CN(CN1C(=O)c2cccc([N+](=O)[O-])c2C1=O)CC(F)(F)F. The number of nitro groups is 1. The van der Waals surface area contributed by atoms with E-state index in [4.69, 9.17) is 0 Å². The zero-order valence-corrected chi connectivity index (χ0v) is 13.5. The van der Waals surface area contributed by atoms with E-state index in [1.165, 1.54) is 12.1 Å². The highest BCUT2D eigenvalue weighted by molar-refractivity contribution is 6.23. The normalized spacial score (nSPS) is 14.6. The highest BCUT2D eigenvalue weighted by Gasteiger charge is 2.42. The maximum Gasteiger partial charge on any atom is 0.401 e. The Balaban J connectivity index is 2.31. The van der Waals surface area contributed by atoms with Crippen molar-refractivity contribution in [2.45, 2.75) is 20.0 Å². The minimum atomic E-state index is -4.50. The molecule has 10 heteroatoms. The van der Waals surface area contributed by atoms with Crippen molar-refractivity contribution in [1.29, 1.82) is 0 Å². The summed E-state index contributed by atoms with van der Waals surface area (Å²) in [5.74, 6) is -1.92. The lowest BCUT2D eigenvalue weighted by Gasteiger charge is -2.28. The van der Waals surface area contributed by atoms with Crippen molar-refractivity contribution in [3.05, 3.63) is 39.4 Å². The van der Waals surface area contributed by atoms with Crippen LogP contribution in [0.4, 0.5) is 18.9 Å². The standard InChI is InChI=1S/C15H16F3N3O4/c1-9(2)6-19(7-15(16,17)18)8-20-13(22)10-4-3-5-11(21(24)25)12(10)14(20)23/h3-5,9H,6-8H2,1-2H3. The predicted molar refractivity (Wildman–Crippen MR) is 80.9 cm³/mol. The Morgan fingerprint density at radius 1 is 1.24 bits per heavy atom. The van der Waals surface area contributed by atoms with E-state index in [9.17, 15) is 32.9 Å². The molecule has 0 radical (unpaired) electrons. The number of nitrogens with zero attached hydrogens (tertiary/aromatic N) is 3. The maximum absolute atomic E-state index is 12.7. The third kappa shape index (κ3) is 4.13. The molecule has 0 N–H and O–H groups in total. The Morgan fingerprint density at radius 3 is 2.40 bits per heavy atom. The van der Waals surface area contributed by atoms with Gasteiger partial charge in [-0.05, 0) is 12.0 Å². The lowest BCUT2D eigenvalue weighted by molar-refractivity contribution is -0.385. The number of halogens is 3. The third-order valence-electron chi connectivity index (χ3n) is 3.54. The molecule has 0 saturated carbocycles. The third-order valence-corrected chi connectivity index (χ3v) is 3.54. The van der Waals surface area contributed by atoms with Crippen molar-refractivity contribution >= 4 is 17.5 Å². The van der Waals surface area contributed by atoms with Gasteiger partial charge < -0.3 is 0 Å². The lowest BCUT2D eigenvalue weighted by Crippen LogP contribution is -2.46. The fourth-order valence-corrected chi connectivity index (χ4v) is 2.74. The summed E-state index contributed by atoms with van der Waals surface area (Å²) in [4.78, 5) is 36.5. The van der Waals surface area contributed by atoms with Crippen LogP contribution in [-0.2, 0) is 0 Å². The number of amides is 2. The summed E-state index contributed by atoms with van der Waals surface area (Å²) >= 11 is 0. The summed E-state index contributed by atoms with van der Waals surface area (Å²) in [5.41, 5.74) is -1.09. The van der Waals surface area contributed by atoms with Gasteiger partial charge in [0.25, 0.3) is 17.5 Å². The molecule has 0 spiro atoms. The van der Waals surface area contributed by atoms with Crippen molar-refractivity contribution in [1.82, 2.24) is 9.80 Å². The highest BCUT2D eigenvalue weighted by atomic mass is 19.4. The summed E-state index contributed by atoms with van der Waals surface area (Å²) in [6, 6.07) is 3.58. The molecular formula is C15H16F3N3O4. The van der Waals surface area contributed by atoms with Crippen molar-refractivity contribution in [3.8, 4) is 0 Å². The molecule has 1 aliphatic heterocycles. The van der Waals surface area contributed by atoms with Crippen LogP contribution in [0.3, 0.4) is 0 Å². The zero-order valence-electron chi connectivity index (χ0n) is 13.5. The Labute approximate surface area is 141 Å². The van der Waals surface area contributed by atoms with Crippen molar-refractivity contribution in [2.24, 2.45) is 5.92 Å². The van der Waals surface area contributed by atoms with Gasteiger partial charge in [-0.3, -0.25) is 29.5 Å². The van der Waals surface area contributed by atoms with Crippen LogP contribution < -0.4 is 0 Å². The number of hydrogen-bond donors (Lipinski definition) is 0. The summed E-state index contributed by atoms with van der Waals surface area (Å²) in [5, 5.41) is 11.0.